The zero-order valence-corrected chi connectivity index (χ0v) is 11.2. The van der Waals surface area contributed by atoms with Gasteiger partial charge in [-0.3, -0.25) is 9.69 Å². The minimum atomic E-state index is -0.255. The van der Waals surface area contributed by atoms with Crippen LogP contribution in [0.5, 0.6) is 11.5 Å². The second-order valence-corrected chi connectivity index (χ2v) is 4.59. The average Bonchev–Trinajstić information content (AvgIpc) is 2.28. The van der Waals surface area contributed by atoms with Crippen molar-refractivity contribution in [3.63, 3.8) is 0 Å². The Labute approximate surface area is 107 Å². The molecule has 1 amide bonds. The van der Waals surface area contributed by atoms with Crippen LogP contribution < -0.4 is 0 Å². The van der Waals surface area contributed by atoms with E-state index in [0.29, 0.717) is 5.56 Å². The Kier molecular flexibility index (Phi) is 4.55. The van der Waals surface area contributed by atoms with E-state index in [-0.39, 0.29) is 30.0 Å². The van der Waals surface area contributed by atoms with E-state index in [9.17, 15) is 15.0 Å². The molecule has 2 N–H and O–H groups in total. The van der Waals surface area contributed by atoms with Crippen molar-refractivity contribution in [3.8, 4) is 11.5 Å². The number of carbonyl (C=O) groups excluding carboxylic acids is 1. The molecule has 1 aromatic rings. The fourth-order valence-corrected chi connectivity index (χ4v) is 1.68. The van der Waals surface area contributed by atoms with Gasteiger partial charge < -0.3 is 15.1 Å². The summed E-state index contributed by atoms with van der Waals surface area (Å²) in [6, 6.07) is 4.36. The lowest BCUT2D eigenvalue weighted by molar-refractivity contribution is -0.130. The number of likely N-dealkylation sites (N-methyl/N-ethyl adjacent to an activating group) is 2. The maximum absolute atomic E-state index is 11.6. The van der Waals surface area contributed by atoms with Crippen molar-refractivity contribution in [3.05, 3.63) is 23.8 Å². The molecular formula is C13H20N2O3. The smallest absolute Gasteiger partial charge is 0.236 e. The van der Waals surface area contributed by atoms with Crippen LogP contribution in [-0.2, 0) is 4.79 Å². The van der Waals surface area contributed by atoms with Gasteiger partial charge in [0.25, 0.3) is 0 Å². The normalized spacial score (nSPS) is 12.5. The van der Waals surface area contributed by atoms with Gasteiger partial charge in [0.1, 0.15) is 11.5 Å². The number of phenolic OH excluding ortho intramolecular Hbond substituents is 2. The van der Waals surface area contributed by atoms with Crippen molar-refractivity contribution >= 4 is 5.91 Å². The molecule has 0 spiro atoms. The van der Waals surface area contributed by atoms with Crippen LogP contribution in [0.2, 0.25) is 0 Å². The van der Waals surface area contributed by atoms with Gasteiger partial charge in [0, 0.05) is 20.1 Å². The third-order valence-electron chi connectivity index (χ3n) is 3.02. The Balaban J connectivity index is 2.87. The van der Waals surface area contributed by atoms with Crippen LogP contribution in [0.25, 0.3) is 0 Å². The summed E-state index contributed by atoms with van der Waals surface area (Å²) in [6.07, 6.45) is 0. The first-order valence-corrected chi connectivity index (χ1v) is 5.75. The molecule has 1 atom stereocenters. The highest BCUT2D eigenvalue weighted by molar-refractivity contribution is 5.77. The van der Waals surface area contributed by atoms with E-state index in [1.807, 2.05) is 6.92 Å². The molecule has 0 saturated carbocycles. The number of phenols is 2. The van der Waals surface area contributed by atoms with Gasteiger partial charge in [0.2, 0.25) is 5.91 Å². The highest BCUT2D eigenvalue weighted by Crippen LogP contribution is 2.34. The summed E-state index contributed by atoms with van der Waals surface area (Å²) in [5.74, 6) is 0.0394. The molecule has 0 radical (unpaired) electrons. The molecule has 1 aromatic carbocycles. The third kappa shape index (κ3) is 3.13. The Hall–Kier alpha value is -1.75. The Morgan fingerprint density at radius 3 is 2.17 bits per heavy atom. The van der Waals surface area contributed by atoms with Gasteiger partial charge in [-0.2, -0.15) is 0 Å². The molecule has 0 heterocycles. The fourth-order valence-electron chi connectivity index (χ4n) is 1.68. The standard InChI is InChI=1S/C13H20N2O3/c1-9(15(4)8-12(18)14(2)3)13-10(16)6-5-7-11(13)17/h5-7,9,16-17H,8H2,1-4H3. The highest BCUT2D eigenvalue weighted by atomic mass is 16.3. The molecule has 0 fully saturated rings. The lowest BCUT2D eigenvalue weighted by atomic mass is 10.0. The molecule has 100 valence electrons. The summed E-state index contributed by atoms with van der Waals surface area (Å²) in [5, 5.41) is 19.5. The van der Waals surface area contributed by atoms with Crippen molar-refractivity contribution in [2.75, 3.05) is 27.7 Å². The maximum atomic E-state index is 11.6. The Morgan fingerprint density at radius 2 is 1.72 bits per heavy atom. The predicted molar refractivity (Wildman–Crippen MR) is 69.5 cm³/mol. The number of amides is 1. The summed E-state index contributed by atoms with van der Waals surface area (Å²) in [5.41, 5.74) is 0.437. The largest absolute Gasteiger partial charge is 0.507 e. The first-order chi connectivity index (χ1) is 8.34. The Morgan fingerprint density at radius 1 is 1.22 bits per heavy atom. The van der Waals surface area contributed by atoms with Crippen molar-refractivity contribution in [1.29, 1.82) is 0 Å². The van der Waals surface area contributed by atoms with Gasteiger partial charge in [-0.1, -0.05) is 6.07 Å². The number of nitrogens with zero attached hydrogens (tertiary/aromatic N) is 2. The summed E-state index contributed by atoms with van der Waals surface area (Å²) >= 11 is 0. The predicted octanol–water partition coefficient (Wildman–Crippen LogP) is 1.18. The third-order valence-corrected chi connectivity index (χ3v) is 3.02. The van der Waals surface area contributed by atoms with E-state index in [1.165, 1.54) is 17.0 Å². The lowest BCUT2D eigenvalue weighted by Gasteiger charge is -2.26. The quantitative estimate of drug-likeness (QED) is 0.844. The first kappa shape index (κ1) is 14.3. The van der Waals surface area contributed by atoms with Crippen molar-refractivity contribution in [2.45, 2.75) is 13.0 Å². The molecule has 1 unspecified atom stereocenters. The van der Waals surface area contributed by atoms with Gasteiger partial charge >= 0.3 is 0 Å². The van der Waals surface area contributed by atoms with Gasteiger partial charge in [-0.05, 0) is 26.1 Å². The van der Waals surface area contributed by atoms with Crippen LogP contribution in [-0.4, -0.2) is 53.6 Å². The number of hydrogen-bond donors (Lipinski definition) is 2. The minimum Gasteiger partial charge on any atom is -0.507 e. The number of rotatable bonds is 4. The zero-order valence-electron chi connectivity index (χ0n) is 11.2. The topological polar surface area (TPSA) is 64.0 Å². The van der Waals surface area contributed by atoms with E-state index in [2.05, 4.69) is 0 Å². The SMILES string of the molecule is CC(c1c(O)cccc1O)N(C)CC(=O)N(C)C. The van der Waals surface area contributed by atoms with Gasteiger partial charge in [0.05, 0.1) is 12.1 Å². The van der Waals surface area contributed by atoms with Crippen LogP contribution >= 0.6 is 0 Å². The van der Waals surface area contributed by atoms with Crippen molar-refractivity contribution in [2.24, 2.45) is 0 Å². The molecule has 0 saturated heterocycles. The van der Waals surface area contributed by atoms with Gasteiger partial charge in [-0.15, -0.1) is 0 Å². The van der Waals surface area contributed by atoms with E-state index < -0.39 is 0 Å². The summed E-state index contributed by atoms with van der Waals surface area (Å²) < 4.78 is 0. The second-order valence-electron chi connectivity index (χ2n) is 4.59. The summed E-state index contributed by atoms with van der Waals surface area (Å²) in [4.78, 5) is 14.9. The highest BCUT2D eigenvalue weighted by Gasteiger charge is 2.21. The van der Waals surface area contributed by atoms with Gasteiger partial charge in [-0.25, -0.2) is 0 Å². The molecule has 0 aromatic heterocycles. The number of hydrogen-bond acceptors (Lipinski definition) is 4. The van der Waals surface area contributed by atoms with E-state index in [1.54, 1.807) is 32.1 Å². The number of carbonyl (C=O) groups is 1. The van der Waals surface area contributed by atoms with Crippen molar-refractivity contribution < 1.29 is 15.0 Å². The average molecular weight is 252 g/mol. The van der Waals surface area contributed by atoms with E-state index in [0.717, 1.165) is 0 Å². The lowest BCUT2D eigenvalue weighted by Crippen LogP contribution is -2.35. The zero-order chi connectivity index (χ0) is 13.9. The maximum Gasteiger partial charge on any atom is 0.236 e. The molecular weight excluding hydrogens is 232 g/mol. The van der Waals surface area contributed by atoms with E-state index in [4.69, 9.17) is 0 Å². The van der Waals surface area contributed by atoms with Crippen LogP contribution in [0.4, 0.5) is 0 Å². The first-order valence-electron chi connectivity index (χ1n) is 5.75. The van der Waals surface area contributed by atoms with Crippen LogP contribution in [0, 0.1) is 0 Å². The van der Waals surface area contributed by atoms with E-state index >= 15 is 0 Å². The monoisotopic (exact) mass is 252 g/mol. The number of aromatic hydroxyl groups is 2. The van der Waals surface area contributed by atoms with Crippen LogP contribution in [0.15, 0.2) is 18.2 Å². The molecule has 0 aliphatic heterocycles. The molecule has 18 heavy (non-hydrogen) atoms. The van der Waals surface area contributed by atoms with Gasteiger partial charge in [0.15, 0.2) is 0 Å². The Bertz CT molecular complexity index is 412. The fraction of sp³-hybridized carbons (Fsp3) is 0.462. The molecule has 5 heteroatoms. The summed E-state index contributed by atoms with van der Waals surface area (Å²) in [7, 11) is 5.16. The minimum absolute atomic E-state index is 0.0285. The van der Waals surface area contributed by atoms with Crippen molar-refractivity contribution in [1.82, 2.24) is 9.80 Å². The summed E-state index contributed by atoms with van der Waals surface area (Å²) in [6.45, 7) is 2.06. The number of benzene rings is 1. The molecule has 0 aliphatic carbocycles. The molecule has 5 nitrogen and oxygen atoms in total. The molecule has 0 bridgehead atoms. The van der Waals surface area contributed by atoms with Crippen LogP contribution in [0.1, 0.15) is 18.5 Å². The molecule has 0 aliphatic rings. The van der Waals surface area contributed by atoms with Crippen LogP contribution in [0.3, 0.4) is 0 Å². The molecule has 1 rings (SSSR count). The second kappa shape index (κ2) is 5.73.